The van der Waals surface area contributed by atoms with Crippen molar-refractivity contribution in [2.24, 2.45) is 11.8 Å². The monoisotopic (exact) mass is 199 g/mol. The van der Waals surface area contributed by atoms with E-state index >= 15 is 0 Å². The Balaban J connectivity index is 3.15. The second-order valence-corrected chi connectivity index (χ2v) is 5.01. The van der Waals surface area contributed by atoms with E-state index in [2.05, 4.69) is 33.0 Å². The Bertz CT molecular complexity index is 110. The van der Waals surface area contributed by atoms with Gasteiger partial charge in [-0.3, -0.25) is 0 Å². The molecule has 86 valence electrons. The van der Waals surface area contributed by atoms with E-state index in [-0.39, 0.29) is 0 Å². The molecule has 0 aromatic rings. The second kappa shape index (κ2) is 9.51. The van der Waals surface area contributed by atoms with Crippen molar-refractivity contribution in [2.45, 2.75) is 59.8 Å². The van der Waals surface area contributed by atoms with Gasteiger partial charge in [0, 0.05) is 0 Å². The summed E-state index contributed by atoms with van der Waals surface area (Å²) in [5, 5.41) is 3.53. The Labute approximate surface area is 90.7 Å². The van der Waals surface area contributed by atoms with Gasteiger partial charge in [-0.2, -0.15) is 0 Å². The summed E-state index contributed by atoms with van der Waals surface area (Å²) in [6.07, 6.45) is 6.99. The first-order chi connectivity index (χ1) is 6.66. The van der Waals surface area contributed by atoms with Gasteiger partial charge in [0.05, 0.1) is 0 Å². The molecule has 0 aromatic heterocycles. The average molecular weight is 199 g/mol. The van der Waals surface area contributed by atoms with Crippen LogP contribution in [-0.4, -0.2) is 13.1 Å². The van der Waals surface area contributed by atoms with Crippen LogP contribution in [0.15, 0.2) is 0 Å². The summed E-state index contributed by atoms with van der Waals surface area (Å²) in [6.45, 7) is 11.5. The Kier molecular flexibility index (Phi) is 9.49. The third-order valence-corrected chi connectivity index (χ3v) is 2.60. The molecule has 0 aliphatic rings. The third kappa shape index (κ3) is 10.0. The highest BCUT2D eigenvalue weighted by molar-refractivity contribution is 4.58. The quantitative estimate of drug-likeness (QED) is 0.556. The van der Waals surface area contributed by atoms with Gasteiger partial charge < -0.3 is 5.32 Å². The minimum Gasteiger partial charge on any atom is -0.316 e. The maximum absolute atomic E-state index is 3.53. The standard InChI is InChI=1S/C13H29N/c1-5-6-7-8-9-13(4)11-14-10-12(2)3/h12-14H,5-11H2,1-4H3. The molecule has 0 fully saturated rings. The summed E-state index contributed by atoms with van der Waals surface area (Å²) in [5.74, 6) is 1.63. The van der Waals surface area contributed by atoms with Crippen molar-refractivity contribution in [3.8, 4) is 0 Å². The zero-order valence-electron chi connectivity index (χ0n) is 10.6. The van der Waals surface area contributed by atoms with Gasteiger partial charge in [0.2, 0.25) is 0 Å². The normalized spacial score (nSPS) is 13.5. The maximum atomic E-state index is 3.53. The van der Waals surface area contributed by atoms with Crippen LogP contribution in [0.3, 0.4) is 0 Å². The average Bonchev–Trinajstić information content (AvgIpc) is 2.12. The molecular formula is C13H29N. The van der Waals surface area contributed by atoms with Gasteiger partial charge in [-0.15, -0.1) is 0 Å². The SMILES string of the molecule is CCCCCCC(C)CNCC(C)C. The van der Waals surface area contributed by atoms with Gasteiger partial charge in [0.25, 0.3) is 0 Å². The first-order valence-corrected chi connectivity index (χ1v) is 6.37. The first kappa shape index (κ1) is 14.0. The fourth-order valence-corrected chi connectivity index (χ4v) is 1.64. The fraction of sp³-hybridized carbons (Fsp3) is 1.00. The molecule has 0 aliphatic heterocycles. The van der Waals surface area contributed by atoms with Gasteiger partial charge >= 0.3 is 0 Å². The van der Waals surface area contributed by atoms with Crippen LogP contribution in [0.1, 0.15) is 59.8 Å². The highest BCUT2D eigenvalue weighted by Crippen LogP contribution is 2.09. The van der Waals surface area contributed by atoms with E-state index in [0.717, 1.165) is 11.8 Å². The molecule has 0 saturated heterocycles. The topological polar surface area (TPSA) is 12.0 Å². The Morgan fingerprint density at radius 1 is 0.929 bits per heavy atom. The van der Waals surface area contributed by atoms with Gasteiger partial charge in [0.1, 0.15) is 0 Å². The lowest BCUT2D eigenvalue weighted by Crippen LogP contribution is -2.25. The minimum atomic E-state index is 0.780. The molecule has 1 N–H and O–H groups in total. The molecule has 1 nitrogen and oxygen atoms in total. The van der Waals surface area contributed by atoms with Crippen molar-refractivity contribution in [1.82, 2.24) is 5.32 Å². The van der Waals surface area contributed by atoms with Crippen LogP contribution >= 0.6 is 0 Å². The van der Waals surface area contributed by atoms with Crippen LogP contribution in [-0.2, 0) is 0 Å². The van der Waals surface area contributed by atoms with Crippen LogP contribution in [0.25, 0.3) is 0 Å². The van der Waals surface area contributed by atoms with Gasteiger partial charge in [-0.1, -0.05) is 53.4 Å². The van der Waals surface area contributed by atoms with E-state index in [1.807, 2.05) is 0 Å². The number of hydrogen-bond donors (Lipinski definition) is 1. The summed E-state index contributed by atoms with van der Waals surface area (Å²) >= 11 is 0. The maximum Gasteiger partial charge on any atom is -0.00230 e. The molecule has 14 heavy (non-hydrogen) atoms. The largest absolute Gasteiger partial charge is 0.316 e. The van der Waals surface area contributed by atoms with Crippen LogP contribution in [0, 0.1) is 11.8 Å². The molecular weight excluding hydrogens is 170 g/mol. The fourth-order valence-electron chi connectivity index (χ4n) is 1.64. The molecule has 0 rings (SSSR count). The number of unbranched alkanes of at least 4 members (excludes halogenated alkanes) is 3. The van der Waals surface area contributed by atoms with Crippen molar-refractivity contribution in [1.29, 1.82) is 0 Å². The van der Waals surface area contributed by atoms with Crippen molar-refractivity contribution in [3.63, 3.8) is 0 Å². The van der Waals surface area contributed by atoms with Crippen molar-refractivity contribution in [3.05, 3.63) is 0 Å². The Morgan fingerprint density at radius 2 is 1.64 bits per heavy atom. The minimum absolute atomic E-state index is 0.780. The van der Waals surface area contributed by atoms with Crippen LogP contribution in [0.5, 0.6) is 0 Å². The second-order valence-electron chi connectivity index (χ2n) is 5.01. The zero-order valence-corrected chi connectivity index (χ0v) is 10.6. The molecule has 0 spiro atoms. The van der Waals surface area contributed by atoms with Gasteiger partial charge in [-0.05, 0) is 31.3 Å². The van der Waals surface area contributed by atoms with Gasteiger partial charge in [-0.25, -0.2) is 0 Å². The summed E-state index contributed by atoms with van der Waals surface area (Å²) in [5.41, 5.74) is 0. The first-order valence-electron chi connectivity index (χ1n) is 6.37. The molecule has 0 heterocycles. The molecule has 0 bridgehead atoms. The molecule has 0 aromatic carbocycles. The van der Waals surface area contributed by atoms with E-state index < -0.39 is 0 Å². The molecule has 1 atom stereocenters. The lowest BCUT2D eigenvalue weighted by atomic mass is 10.0. The number of hydrogen-bond acceptors (Lipinski definition) is 1. The van der Waals surface area contributed by atoms with E-state index in [1.54, 1.807) is 0 Å². The lowest BCUT2D eigenvalue weighted by Gasteiger charge is -2.13. The van der Waals surface area contributed by atoms with Crippen LogP contribution in [0.4, 0.5) is 0 Å². The summed E-state index contributed by atoms with van der Waals surface area (Å²) in [7, 11) is 0. The molecule has 1 heteroatoms. The van der Waals surface area contributed by atoms with Crippen LogP contribution < -0.4 is 5.32 Å². The third-order valence-electron chi connectivity index (χ3n) is 2.60. The molecule has 0 saturated carbocycles. The molecule has 0 aliphatic carbocycles. The lowest BCUT2D eigenvalue weighted by molar-refractivity contribution is 0.435. The predicted molar refractivity (Wildman–Crippen MR) is 65.6 cm³/mol. The summed E-state index contributed by atoms with van der Waals surface area (Å²) in [6, 6.07) is 0. The van der Waals surface area contributed by atoms with E-state index in [0.29, 0.717) is 0 Å². The van der Waals surface area contributed by atoms with Gasteiger partial charge in [0.15, 0.2) is 0 Å². The predicted octanol–water partition coefficient (Wildman–Crippen LogP) is 3.84. The Morgan fingerprint density at radius 3 is 2.21 bits per heavy atom. The smallest absolute Gasteiger partial charge is 0.00230 e. The molecule has 0 radical (unpaired) electrons. The highest BCUT2D eigenvalue weighted by atomic mass is 14.9. The summed E-state index contributed by atoms with van der Waals surface area (Å²) in [4.78, 5) is 0. The van der Waals surface area contributed by atoms with E-state index in [4.69, 9.17) is 0 Å². The number of rotatable bonds is 9. The molecule has 0 amide bonds. The van der Waals surface area contributed by atoms with Crippen molar-refractivity contribution >= 4 is 0 Å². The zero-order chi connectivity index (χ0) is 10.8. The van der Waals surface area contributed by atoms with Crippen molar-refractivity contribution < 1.29 is 0 Å². The van der Waals surface area contributed by atoms with Crippen molar-refractivity contribution in [2.75, 3.05) is 13.1 Å². The van der Waals surface area contributed by atoms with E-state index in [1.165, 1.54) is 45.2 Å². The Hall–Kier alpha value is -0.0400. The number of nitrogens with one attached hydrogen (secondary N) is 1. The highest BCUT2D eigenvalue weighted by Gasteiger charge is 2.01. The van der Waals surface area contributed by atoms with Crippen LogP contribution in [0.2, 0.25) is 0 Å². The molecule has 1 unspecified atom stereocenters. The summed E-state index contributed by atoms with van der Waals surface area (Å²) < 4.78 is 0. The van der Waals surface area contributed by atoms with E-state index in [9.17, 15) is 0 Å².